The number of carbonyl (C=O) groups excluding carboxylic acids is 1. The second-order valence-electron chi connectivity index (χ2n) is 5.71. The molecule has 159 valence electrons. The van der Waals surface area contributed by atoms with Crippen LogP contribution >= 0.6 is 0 Å². The minimum absolute atomic E-state index is 0. The molecule has 0 spiro atoms. The van der Waals surface area contributed by atoms with Crippen LogP contribution in [0.25, 0.3) is 0 Å². The van der Waals surface area contributed by atoms with E-state index in [0.717, 1.165) is 5.56 Å². The summed E-state index contributed by atoms with van der Waals surface area (Å²) in [5, 5.41) is 22.7. The van der Waals surface area contributed by atoms with Gasteiger partial charge in [-0.1, -0.05) is 54.6 Å². The Labute approximate surface area is 197 Å². The second-order valence-corrected chi connectivity index (χ2v) is 6.48. The normalized spacial score (nSPS) is 12.8. The number of Topliss-reactive ketones (excluding diaryl/α,β-unsaturated/α-hetero) is 1. The molecule has 0 bridgehead atoms. The zero-order chi connectivity index (χ0) is 21.2. The van der Waals surface area contributed by atoms with E-state index in [9.17, 15) is 4.79 Å². The minimum atomic E-state index is -0.0256. The van der Waals surface area contributed by atoms with Crippen LogP contribution in [0.5, 0.6) is 0 Å². The molecule has 0 fully saturated rings. The van der Waals surface area contributed by atoms with Crippen molar-refractivity contribution in [2.75, 3.05) is 14.1 Å². The molecule has 30 heavy (non-hydrogen) atoms. The van der Waals surface area contributed by atoms with Gasteiger partial charge in [0.15, 0.2) is 5.78 Å². The summed E-state index contributed by atoms with van der Waals surface area (Å²) in [6.07, 6.45) is 0. The summed E-state index contributed by atoms with van der Waals surface area (Å²) in [5.41, 5.74) is 2.96. The van der Waals surface area contributed by atoms with Crippen molar-refractivity contribution in [2.24, 2.45) is 20.4 Å². The van der Waals surface area contributed by atoms with Gasteiger partial charge in [0.25, 0.3) is 0 Å². The molecule has 2 N–H and O–H groups in total. The minimum Gasteiger partial charge on any atom is -0.741 e. The molecule has 0 aliphatic heterocycles. The fraction of sp³-hybridized carbons (Fsp3) is 0.150. The molecule has 2 rings (SSSR count). The van der Waals surface area contributed by atoms with Crippen LogP contribution in [0.4, 0.5) is 0 Å². The monoisotopic (exact) mass is 487 g/mol. The third-order valence-electron chi connectivity index (χ3n) is 3.75. The van der Waals surface area contributed by atoms with Crippen LogP contribution < -0.4 is 10.6 Å². The average molecular weight is 488 g/mol. The third-order valence-corrected chi connectivity index (χ3v) is 4.32. The number of hydrogen-bond donors (Lipinski definition) is 2. The van der Waals surface area contributed by atoms with Crippen LogP contribution in [-0.2, 0) is 42.3 Å². The van der Waals surface area contributed by atoms with E-state index in [1.807, 2.05) is 30.3 Å². The Hall–Kier alpha value is -2.65. The molecule has 0 amide bonds. The van der Waals surface area contributed by atoms with E-state index in [2.05, 4.69) is 31.0 Å². The number of ketones is 1. The van der Waals surface area contributed by atoms with E-state index in [4.69, 9.17) is 25.3 Å². The number of rotatable bonds is 6. The summed E-state index contributed by atoms with van der Waals surface area (Å²) in [7, 11) is 3.33. The van der Waals surface area contributed by atoms with Gasteiger partial charge in [-0.05, 0) is 17.3 Å². The molecule has 0 aliphatic rings. The van der Waals surface area contributed by atoms with E-state index in [-0.39, 0.29) is 33.2 Å². The molecule has 0 aliphatic carbocycles. The molecule has 0 saturated carbocycles. The fourth-order valence-corrected chi connectivity index (χ4v) is 2.31. The van der Waals surface area contributed by atoms with Crippen molar-refractivity contribution in [3.8, 4) is 0 Å². The van der Waals surface area contributed by atoms with Gasteiger partial charge in [-0.15, -0.1) is 10.2 Å². The zero-order valence-corrected chi connectivity index (χ0v) is 19.1. The predicted molar refractivity (Wildman–Crippen MR) is 124 cm³/mol. The van der Waals surface area contributed by atoms with Crippen molar-refractivity contribution in [2.45, 2.75) is 6.92 Å². The third kappa shape index (κ3) is 7.31. The Morgan fingerprint density at radius 2 is 1.10 bits per heavy atom. The van der Waals surface area contributed by atoms with Crippen LogP contribution in [0.1, 0.15) is 28.4 Å². The van der Waals surface area contributed by atoms with Crippen LogP contribution in [-0.4, -0.2) is 41.6 Å². The average Bonchev–Trinajstić information content (AvgIpc) is 2.76. The number of nitrogens with zero attached hydrogens (tertiary/aromatic N) is 4. The molecule has 0 atom stereocenters. The van der Waals surface area contributed by atoms with Gasteiger partial charge in [0.2, 0.25) is 0 Å². The maximum atomic E-state index is 11.6. The Bertz CT molecular complexity index is 973. The maximum absolute atomic E-state index is 11.6. The van der Waals surface area contributed by atoms with Crippen molar-refractivity contribution < 1.29 is 21.9 Å². The second kappa shape index (κ2) is 12.8. The van der Waals surface area contributed by atoms with Gasteiger partial charge in [-0.2, -0.15) is 10.2 Å². The smallest absolute Gasteiger partial charge is 0.741 e. The van der Waals surface area contributed by atoms with Crippen molar-refractivity contribution in [3.63, 3.8) is 0 Å². The number of benzene rings is 2. The number of amidine groups is 2. The van der Waals surface area contributed by atoms with Crippen molar-refractivity contribution >= 4 is 52.8 Å². The molecule has 2 aromatic rings. The molecule has 2 aromatic carbocycles. The molecule has 0 saturated heterocycles. The fourth-order valence-electron chi connectivity index (χ4n) is 2.23. The Morgan fingerprint density at radius 1 is 0.700 bits per heavy atom. The van der Waals surface area contributed by atoms with E-state index in [1.54, 1.807) is 38.4 Å². The standard InChI is InChI=1S/C20H22N6OS2.Cu/c1-13(27)14-9-11-16(12-10-14)18(24-26-20(29)22-3)17(23-25-19(28)21-2)15-7-5-4-6-8-15;/h4-12H,1-3H3,(H2,21,25,28)(H2,22,26,29);/q;+2/p-2/b23-17+,24-18+;. The first-order valence-electron chi connectivity index (χ1n) is 8.64. The van der Waals surface area contributed by atoms with Gasteiger partial charge in [-0.3, -0.25) is 4.79 Å². The van der Waals surface area contributed by atoms with Gasteiger partial charge in [-0.25, -0.2) is 0 Å². The van der Waals surface area contributed by atoms with Crippen LogP contribution in [0.15, 0.2) is 75.0 Å². The number of nitrogens with one attached hydrogen (secondary N) is 2. The van der Waals surface area contributed by atoms with Gasteiger partial charge in [0.05, 0.1) is 0 Å². The Balaban J connectivity index is 0.00000450. The molecular weight excluding hydrogens is 468 g/mol. The van der Waals surface area contributed by atoms with E-state index >= 15 is 0 Å². The van der Waals surface area contributed by atoms with Crippen molar-refractivity contribution in [3.05, 3.63) is 71.3 Å². The van der Waals surface area contributed by atoms with E-state index < -0.39 is 0 Å². The summed E-state index contributed by atoms with van der Waals surface area (Å²) in [6, 6.07) is 16.4. The van der Waals surface area contributed by atoms with Crippen LogP contribution in [0.2, 0.25) is 0 Å². The molecule has 10 heteroatoms. The van der Waals surface area contributed by atoms with E-state index in [0.29, 0.717) is 22.6 Å². The van der Waals surface area contributed by atoms with Gasteiger partial charge >= 0.3 is 17.1 Å². The summed E-state index contributed by atoms with van der Waals surface area (Å²) in [4.78, 5) is 11.6. The van der Waals surface area contributed by atoms with Gasteiger partial charge in [0.1, 0.15) is 11.4 Å². The zero-order valence-electron chi connectivity index (χ0n) is 16.5. The summed E-state index contributed by atoms with van der Waals surface area (Å²) in [6.45, 7) is 1.51. The van der Waals surface area contributed by atoms with Crippen molar-refractivity contribution in [1.82, 2.24) is 10.6 Å². The summed E-state index contributed by atoms with van der Waals surface area (Å²) >= 11 is 10.2. The SMILES string of the molecule is CN/C([S-])=N/N=C(/C(=N/N=C(\[S-])NC)c1ccc(C(C)=O)cc1)c1ccccc1.[Cu+2]. The molecular formula is C20H20CuN6OS2. The van der Waals surface area contributed by atoms with Crippen LogP contribution in [0.3, 0.4) is 0 Å². The predicted octanol–water partition coefficient (Wildman–Crippen LogP) is 2.24. The molecule has 0 unspecified atom stereocenters. The molecule has 0 aromatic heterocycles. The van der Waals surface area contributed by atoms with Gasteiger partial charge < -0.3 is 35.9 Å². The van der Waals surface area contributed by atoms with Crippen LogP contribution in [0, 0.1) is 0 Å². The number of carbonyl (C=O) groups is 1. The quantitative estimate of drug-likeness (QED) is 0.163. The Morgan fingerprint density at radius 3 is 1.50 bits per heavy atom. The topological polar surface area (TPSA) is 90.6 Å². The summed E-state index contributed by atoms with van der Waals surface area (Å²) in [5.74, 6) is -0.0256. The first-order valence-corrected chi connectivity index (χ1v) is 9.46. The largest absolute Gasteiger partial charge is 2.00 e. The maximum Gasteiger partial charge on any atom is 2.00 e. The Kier molecular flexibility index (Phi) is 10.8. The molecule has 0 heterocycles. The first kappa shape index (κ1) is 25.4. The summed E-state index contributed by atoms with van der Waals surface area (Å²) < 4.78 is 0. The molecule has 1 radical (unpaired) electrons. The van der Waals surface area contributed by atoms with Crippen molar-refractivity contribution in [1.29, 1.82) is 0 Å². The first-order chi connectivity index (χ1) is 14.0. The van der Waals surface area contributed by atoms with Gasteiger partial charge in [0, 0.05) is 30.8 Å². The molecule has 7 nitrogen and oxygen atoms in total. The van der Waals surface area contributed by atoms with E-state index in [1.165, 1.54) is 6.92 Å². The number of hydrogen-bond acceptors (Lipinski definition) is 7.